The summed E-state index contributed by atoms with van der Waals surface area (Å²) < 4.78 is 5.16. The highest BCUT2D eigenvalue weighted by molar-refractivity contribution is 5.78. The number of benzene rings is 1. The number of hydrogen-bond acceptors (Lipinski definition) is 2. The minimum Gasteiger partial charge on any atom is -0.380 e. The van der Waals surface area contributed by atoms with Gasteiger partial charge in [-0.3, -0.25) is 4.79 Å². The molecule has 1 aliphatic heterocycles. The highest BCUT2D eigenvalue weighted by Crippen LogP contribution is 2.25. The lowest BCUT2D eigenvalue weighted by atomic mass is 9.88. The number of hydrogen-bond donors (Lipinski definition) is 1. The molecule has 17 heavy (non-hydrogen) atoms. The van der Waals surface area contributed by atoms with Gasteiger partial charge in [0.05, 0.1) is 19.6 Å². The molecule has 0 aromatic heterocycles. The summed E-state index contributed by atoms with van der Waals surface area (Å²) in [5, 5.41) is 2.98. The molecule has 1 aromatic rings. The number of carbonyl (C=O) groups excluding carboxylic acids is 1. The highest BCUT2D eigenvalue weighted by atomic mass is 16.5. The number of aryl methyl sites for hydroxylation is 1. The van der Waals surface area contributed by atoms with E-state index in [1.807, 2.05) is 31.2 Å². The number of rotatable bonds is 4. The molecular formula is C14H19NO2. The van der Waals surface area contributed by atoms with Gasteiger partial charge in [0.25, 0.3) is 0 Å². The van der Waals surface area contributed by atoms with Crippen molar-refractivity contribution in [3.63, 3.8) is 0 Å². The summed E-state index contributed by atoms with van der Waals surface area (Å²) in [6.07, 6.45) is 0.462. The van der Waals surface area contributed by atoms with E-state index < -0.39 is 0 Å². The second-order valence-electron chi connectivity index (χ2n) is 5.18. The zero-order chi connectivity index (χ0) is 12.3. The van der Waals surface area contributed by atoms with Crippen LogP contribution >= 0.6 is 0 Å². The van der Waals surface area contributed by atoms with Crippen LogP contribution in [0, 0.1) is 12.3 Å². The maximum absolute atomic E-state index is 11.8. The van der Waals surface area contributed by atoms with Crippen LogP contribution in [-0.4, -0.2) is 25.7 Å². The second kappa shape index (κ2) is 4.88. The van der Waals surface area contributed by atoms with E-state index in [1.165, 1.54) is 5.56 Å². The summed E-state index contributed by atoms with van der Waals surface area (Å²) in [6.45, 7) is 6.36. The molecule has 1 fully saturated rings. The number of carbonyl (C=O) groups is 1. The number of ether oxygens (including phenoxy) is 1. The molecule has 0 saturated carbocycles. The van der Waals surface area contributed by atoms with Crippen molar-refractivity contribution >= 4 is 5.91 Å². The largest absolute Gasteiger partial charge is 0.380 e. The first-order valence-corrected chi connectivity index (χ1v) is 5.98. The van der Waals surface area contributed by atoms with E-state index >= 15 is 0 Å². The van der Waals surface area contributed by atoms with Crippen LogP contribution in [0.5, 0.6) is 0 Å². The topological polar surface area (TPSA) is 38.3 Å². The van der Waals surface area contributed by atoms with Gasteiger partial charge in [-0.15, -0.1) is 0 Å². The summed E-state index contributed by atoms with van der Waals surface area (Å²) in [7, 11) is 0. The lowest BCUT2D eigenvalue weighted by molar-refractivity contribution is -0.126. The van der Waals surface area contributed by atoms with Crippen molar-refractivity contribution in [2.24, 2.45) is 5.41 Å². The molecule has 0 spiro atoms. The lowest BCUT2D eigenvalue weighted by Crippen LogP contribution is -2.48. The Morgan fingerprint density at radius 2 is 2.12 bits per heavy atom. The fraction of sp³-hybridized carbons (Fsp3) is 0.500. The smallest absolute Gasteiger partial charge is 0.224 e. The normalized spacial score (nSPS) is 17.3. The van der Waals surface area contributed by atoms with Crippen LogP contribution in [0.2, 0.25) is 0 Å². The van der Waals surface area contributed by atoms with Gasteiger partial charge in [-0.25, -0.2) is 0 Å². The Kier molecular flexibility index (Phi) is 3.48. The van der Waals surface area contributed by atoms with Gasteiger partial charge in [0.15, 0.2) is 0 Å². The Hall–Kier alpha value is -1.35. The third-order valence-electron chi connectivity index (χ3n) is 3.23. The average molecular weight is 233 g/mol. The zero-order valence-corrected chi connectivity index (χ0v) is 10.5. The van der Waals surface area contributed by atoms with Gasteiger partial charge in [-0.1, -0.05) is 31.2 Å². The second-order valence-corrected chi connectivity index (χ2v) is 5.18. The SMILES string of the molecule is Cc1ccccc1CC(=O)NCC1(C)COC1. The third-order valence-corrected chi connectivity index (χ3v) is 3.23. The highest BCUT2D eigenvalue weighted by Gasteiger charge is 2.33. The van der Waals surface area contributed by atoms with Crippen molar-refractivity contribution in [3.05, 3.63) is 35.4 Å². The van der Waals surface area contributed by atoms with E-state index in [-0.39, 0.29) is 11.3 Å². The molecule has 1 N–H and O–H groups in total. The van der Waals surface area contributed by atoms with Crippen molar-refractivity contribution in [2.75, 3.05) is 19.8 Å². The van der Waals surface area contributed by atoms with Gasteiger partial charge in [-0.05, 0) is 18.1 Å². The first kappa shape index (κ1) is 12.1. The summed E-state index contributed by atoms with van der Waals surface area (Å²) in [6, 6.07) is 7.99. The van der Waals surface area contributed by atoms with Crippen molar-refractivity contribution < 1.29 is 9.53 Å². The van der Waals surface area contributed by atoms with E-state index in [4.69, 9.17) is 4.74 Å². The monoisotopic (exact) mass is 233 g/mol. The molecule has 0 aliphatic carbocycles. The van der Waals surface area contributed by atoms with Crippen LogP contribution in [0.25, 0.3) is 0 Å². The summed E-state index contributed by atoms with van der Waals surface area (Å²) in [5.41, 5.74) is 2.40. The van der Waals surface area contributed by atoms with Crippen LogP contribution in [-0.2, 0) is 16.0 Å². The molecule has 0 bridgehead atoms. The van der Waals surface area contributed by atoms with E-state index in [0.29, 0.717) is 13.0 Å². The maximum Gasteiger partial charge on any atom is 0.224 e. The Balaban J connectivity index is 1.83. The van der Waals surface area contributed by atoms with Crippen molar-refractivity contribution in [3.8, 4) is 0 Å². The molecule has 1 aromatic carbocycles. The van der Waals surface area contributed by atoms with Crippen LogP contribution in [0.3, 0.4) is 0 Å². The molecule has 1 saturated heterocycles. The first-order valence-electron chi connectivity index (χ1n) is 5.98. The van der Waals surface area contributed by atoms with Crippen molar-refractivity contribution in [1.29, 1.82) is 0 Å². The molecule has 0 unspecified atom stereocenters. The first-order chi connectivity index (χ1) is 8.09. The van der Waals surface area contributed by atoms with Crippen LogP contribution in [0.15, 0.2) is 24.3 Å². The molecule has 2 rings (SSSR count). The van der Waals surface area contributed by atoms with Crippen molar-refractivity contribution in [2.45, 2.75) is 20.3 Å². The van der Waals surface area contributed by atoms with Gasteiger partial charge in [0.2, 0.25) is 5.91 Å². The fourth-order valence-electron chi connectivity index (χ4n) is 1.91. The Labute approximate surface area is 102 Å². The Bertz CT molecular complexity index is 410. The van der Waals surface area contributed by atoms with Crippen molar-refractivity contribution in [1.82, 2.24) is 5.32 Å². The van der Waals surface area contributed by atoms with E-state index in [9.17, 15) is 4.79 Å². The molecule has 3 heteroatoms. The molecule has 1 aliphatic rings. The van der Waals surface area contributed by atoms with Gasteiger partial charge in [-0.2, -0.15) is 0 Å². The number of nitrogens with one attached hydrogen (secondary N) is 1. The van der Waals surface area contributed by atoms with E-state index in [1.54, 1.807) is 0 Å². The predicted molar refractivity (Wildman–Crippen MR) is 66.8 cm³/mol. The van der Waals surface area contributed by atoms with E-state index in [0.717, 1.165) is 18.8 Å². The molecule has 1 amide bonds. The molecule has 92 valence electrons. The summed E-state index contributed by atoms with van der Waals surface area (Å²) >= 11 is 0. The minimum atomic E-state index is 0.0902. The van der Waals surface area contributed by atoms with E-state index in [2.05, 4.69) is 12.2 Å². The molecular weight excluding hydrogens is 214 g/mol. The lowest BCUT2D eigenvalue weighted by Gasteiger charge is -2.38. The molecule has 0 atom stereocenters. The van der Waals surface area contributed by atoms with Gasteiger partial charge in [0.1, 0.15) is 0 Å². The molecule has 0 radical (unpaired) electrons. The fourth-order valence-corrected chi connectivity index (χ4v) is 1.91. The Morgan fingerprint density at radius 1 is 1.41 bits per heavy atom. The minimum absolute atomic E-state index is 0.0902. The summed E-state index contributed by atoms with van der Waals surface area (Å²) in [5.74, 6) is 0.0902. The van der Waals surface area contributed by atoms with Crippen LogP contribution < -0.4 is 5.32 Å². The Morgan fingerprint density at radius 3 is 2.71 bits per heavy atom. The standard InChI is InChI=1S/C14H19NO2/c1-11-5-3-4-6-12(11)7-13(16)15-8-14(2)9-17-10-14/h3-6H,7-10H2,1-2H3,(H,15,16). The van der Waals surface area contributed by atoms with Gasteiger partial charge < -0.3 is 10.1 Å². The predicted octanol–water partition coefficient (Wildman–Crippen LogP) is 1.69. The average Bonchev–Trinajstić information content (AvgIpc) is 2.27. The zero-order valence-electron chi connectivity index (χ0n) is 10.5. The summed E-state index contributed by atoms with van der Waals surface area (Å²) in [4.78, 5) is 11.8. The van der Waals surface area contributed by atoms with Gasteiger partial charge in [0, 0.05) is 12.0 Å². The molecule has 1 heterocycles. The van der Waals surface area contributed by atoms with Crippen LogP contribution in [0.4, 0.5) is 0 Å². The molecule has 3 nitrogen and oxygen atoms in total. The van der Waals surface area contributed by atoms with Crippen LogP contribution in [0.1, 0.15) is 18.1 Å². The third kappa shape index (κ3) is 3.07. The quantitative estimate of drug-likeness (QED) is 0.859. The maximum atomic E-state index is 11.8. The number of amides is 1. The van der Waals surface area contributed by atoms with Gasteiger partial charge >= 0.3 is 0 Å².